The number of hydrogen-bond donors (Lipinski definition) is 3. The number of nitrogens with two attached hydrogens (primary N) is 1. The Morgan fingerprint density at radius 2 is 1.77 bits per heavy atom. The zero-order valence-electron chi connectivity index (χ0n) is 17.5. The molecule has 1 saturated heterocycles. The van der Waals surface area contributed by atoms with E-state index in [1.165, 1.54) is 0 Å². The van der Waals surface area contributed by atoms with E-state index in [0.717, 1.165) is 29.5 Å². The van der Waals surface area contributed by atoms with Crippen LogP contribution >= 0.6 is 0 Å². The van der Waals surface area contributed by atoms with Crippen LogP contribution in [0, 0.1) is 0 Å². The number of carbonyl (C=O) groups excluding carboxylic acids is 1. The van der Waals surface area contributed by atoms with Gasteiger partial charge in [0.05, 0.1) is 16.6 Å². The third kappa shape index (κ3) is 5.34. The molecule has 1 aliphatic rings. The van der Waals surface area contributed by atoms with Crippen LogP contribution in [0.3, 0.4) is 0 Å². The van der Waals surface area contributed by atoms with Crippen molar-refractivity contribution in [3.63, 3.8) is 0 Å². The fraction of sp³-hybridized carbons (Fsp3) is 0.591. The van der Waals surface area contributed by atoms with E-state index in [9.17, 15) is 4.79 Å². The van der Waals surface area contributed by atoms with Crippen LogP contribution in [0.5, 0.6) is 0 Å². The third-order valence-corrected chi connectivity index (χ3v) is 5.16. The highest BCUT2D eigenvalue weighted by atomic mass is 16.2. The van der Waals surface area contributed by atoms with Crippen LogP contribution in [0.25, 0.3) is 5.57 Å². The zero-order chi connectivity index (χ0) is 19.8. The molecule has 0 unspecified atom stereocenters. The molecule has 0 saturated carbocycles. The molecule has 144 valence electrons. The van der Waals surface area contributed by atoms with Crippen molar-refractivity contribution in [1.29, 1.82) is 0 Å². The number of quaternary nitrogens is 1. The molecule has 0 spiro atoms. The van der Waals surface area contributed by atoms with Gasteiger partial charge in [0.1, 0.15) is 0 Å². The summed E-state index contributed by atoms with van der Waals surface area (Å²) in [6.45, 7) is 19.1. The molecule has 1 aliphatic heterocycles. The summed E-state index contributed by atoms with van der Waals surface area (Å²) in [6.07, 6.45) is 1.94. The second-order valence-electron chi connectivity index (χ2n) is 9.81. The molecule has 1 aromatic carbocycles. The maximum atomic E-state index is 12.7. The molecule has 1 fully saturated rings. The minimum atomic E-state index is -0.457. The van der Waals surface area contributed by atoms with Crippen molar-refractivity contribution in [3.8, 4) is 0 Å². The third-order valence-electron chi connectivity index (χ3n) is 5.16. The average molecular weight is 359 g/mol. The fourth-order valence-electron chi connectivity index (χ4n) is 4.37. The van der Waals surface area contributed by atoms with Gasteiger partial charge < -0.3 is 16.0 Å². The summed E-state index contributed by atoms with van der Waals surface area (Å²) in [7, 11) is 0. The zero-order valence-corrected chi connectivity index (χ0v) is 17.5. The minimum Gasteiger partial charge on any atom is -0.337 e. The Labute approximate surface area is 158 Å². The first kappa shape index (κ1) is 20.5. The first-order valence-electron chi connectivity index (χ1n) is 9.52. The lowest BCUT2D eigenvalue weighted by Crippen LogP contribution is -3.06. The molecular formula is C22H36N3O+. The SMILES string of the molecule is C=C(C)c1cccc(C(C)(C)NC(=O)NC2CC(C)(C)[NH2+]C(C)(C)C2)c1. The largest absolute Gasteiger partial charge is 0.337 e. The molecule has 0 atom stereocenters. The van der Waals surface area contributed by atoms with Gasteiger partial charge in [-0.05, 0) is 65.7 Å². The van der Waals surface area contributed by atoms with Crippen LogP contribution < -0.4 is 16.0 Å². The number of nitrogens with one attached hydrogen (secondary N) is 2. The molecule has 2 amide bonds. The molecule has 2 rings (SSSR count). The van der Waals surface area contributed by atoms with Crippen molar-refractivity contribution in [2.24, 2.45) is 0 Å². The Kier molecular flexibility index (Phi) is 5.57. The number of piperidine rings is 1. The smallest absolute Gasteiger partial charge is 0.315 e. The number of benzene rings is 1. The van der Waals surface area contributed by atoms with Gasteiger partial charge in [-0.15, -0.1) is 0 Å². The summed E-state index contributed by atoms with van der Waals surface area (Å²) in [5.74, 6) is 0. The van der Waals surface area contributed by atoms with Crippen molar-refractivity contribution in [1.82, 2.24) is 10.6 Å². The molecule has 4 N–H and O–H groups in total. The molecule has 1 heterocycles. The summed E-state index contributed by atoms with van der Waals surface area (Å²) in [5, 5.41) is 8.78. The highest BCUT2D eigenvalue weighted by Gasteiger charge is 2.42. The number of rotatable bonds is 4. The number of carbonyl (C=O) groups is 1. The predicted octanol–water partition coefficient (Wildman–Crippen LogP) is 3.54. The molecule has 0 aromatic heterocycles. The monoisotopic (exact) mass is 358 g/mol. The maximum Gasteiger partial charge on any atom is 0.315 e. The summed E-state index contributed by atoms with van der Waals surface area (Å²) < 4.78 is 0. The highest BCUT2D eigenvalue weighted by Crippen LogP contribution is 2.24. The van der Waals surface area contributed by atoms with Crippen molar-refractivity contribution in [3.05, 3.63) is 42.0 Å². The molecule has 4 nitrogen and oxygen atoms in total. The van der Waals surface area contributed by atoms with Crippen molar-refractivity contribution >= 4 is 11.6 Å². The van der Waals surface area contributed by atoms with Crippen LogP contribution in [0.1, 0.15) is 72.4 Å². The topological polar surface area (TPSA) is 57.7 Å². The molecular weight excluding hydrogens is 322 g/mol. The van der Waals surface area contributed by atoms with Gasteiger partial charge in [-0.25, -0.2) is 4.79 Å². The van der Waals surface area contributed by atoms with E-state index in [4.69, 9.17) is 0 Å². The second-order valence-corrected chi connectivity index (χ2v) is 9.81. The van der Waals surface area contributed by atoms with E-state index in [0.29, 0.717) is 0 Å². The lowest BCUT2D eigenvalue weighted by molar-refractivity contribution is -0.787. The van der Waals surface area contributed by atoms with E-state index >= 15 is 0 Å². The minimum absolute atomic E-state index is 0.103. The summed E-state index contributed by atoms with van der Waals surface area (Å²) >= 11 is 0. The first-order valence-corrected chi connectivity index (χ1v) is 9.52. The summed E-state index contributed by atoms with van der Waals surface area (Å²) in [6, 6.07) is 8.29. The Morgan fingerprint density at radius 3 is 2.31 bits per heavy atom. The van der Waals surface area contributed by atoms with Crippen LogP contribution in [-0.2, 0) is 5.54 Å². The van der Waals surface area contributed by atoms with Gasteiger partial charge in [0, 0.05) is 18.9 Å². The molecule has 0 aliphatic carbocycles. The van der Waals surface area contributed by atoms with E-state index < -0.39 is 5.54 Å². The van der Waals surface area contributed by atoms with Gasteiger partial charge in [-0.1, -0.05) is 30.4 Å². The van der Waals surface area contributed by atoms with Gasteiger partial charge >= 0.3 is 6.03 Å². The van der Waals surface area contributed by atoms with E-state index in [1.54, 1.807) is 0 Å². The molecule has 0 radical (unpaired) electrons. The van der Waals surface area contributed by atoms with E-state index in [1.807, 2.05) is 32.9 Å². The van der Waals surface area contributed by atoms with Gasteiger partial charge in [0.15, 0.2) is 0 Å². The van der Waals surface area contributed by atoms with Crippen LogP contribution in [0.15, 0.2) is 30.8 Å². The van der Waals surface area contributed by atoms with Gasteiger partial charge in [0.25, 0.3) is 0 Å². The van der Waals surface area contributed by atoms with Crippen LogP contribution in [-0.4, -0.2) is 23.2 Å². The summed E-state index contributed by atoms with van der Waals surface area (Å²) in [4.78, 5) is 12.7. The van der Waals surface area contributed by atoms with Crippen molar-refractivity contribution < 1.29 is 10.1 Å². The first-order chi connectivity index (χ1) is 11.8. The number of urea groups is 1. The predicted molar refractivity (Wildman–Crippen MR) is 109 cm³/mol. The van der Waals surface area contributed by atoms with Crippen LogP contribution in [0.2, 0.25) is 0 Å². The number of allylic oxidation sites excluding steroid dienone is 1. The standard InChI is InChI=1S/C22H35N3O/c1-15(2)16-10-9-11-17(12-16)22(7,8)24-19(26)23-18-13-20(3,4)25-21(5,6)14-18/h9-12,18,25H,1,13-14H2,2-8H3,(H2,23,24,26)/p+1. The van der Waals surface area contributed by atoms with Crippen molar-refractivity contribution in [2.45, 2.75) is 84.0 Å². The molecule has 1 aromatic rings. The highest BCUT2D eigenvalue weighted by molar-refractivity contribution is 5.75. The van der Waals surface area contributed by atoms with Gasteiger partial charge in [-0.2, -0.15) is 0 Å². The van der Waals surface area contributed by atoms with E-state index in [2.05, 4.69) is 62.4 Å². The molecule has 26 heavy (non-hydrogen) atoms. The average Bonchev–Trinajstić information content (AvgIpc) is 2.43. The van der Waals surface area contributed by atoms with Gasteiger partial charge in [-0.3, -0.25) is 0 Å². The maximum absolute atomic E-state index is 12.7. The molecule has 0 bridgehead atoms. The Balaban J connectivity index is 2.06. The summed E-state index contributed by atoms with van der Waals surface area (Å²) in [5.41, 5.74) is 3.00. The van der Waals surface area contributed by atoms with Crippen molar-refractivity contribution in [2.75, 3.05) is 0 Å². The lowest BCUT2D eigenvalue weighted by Gasteiger charge is -2.43. The Hall–Kier alpha value is -1.81. The normalized spacial score (nSPS) is 19.7. The van der Waals surface area contributed by atoms with Gasteiger partial charge in [0.2, 0.25) is 0 Å². The second kappa shape index (κ2) is 7.07. The number of amides is 2. The van der Waals surface area contributed by atoms with Crippen LogP contribution in [0.4, 0.5) is 4.79 Å². The number of hydrogen-bond acceptors (Lipinski definition) is 1. The van der Waals surface area contributed by atoms with E-state index in [-0.39, 0.29) is 23.2 Å². The quantitative estimate of drug-likeness (QED) is 0.757. The lowest BCUT2D eigenvalue weighted by atomic mass is 9.79. The Morgan fingerprint density at radius 1 is 1.19 bits per heavy atom. The fourth-order valence-corrected chi connectivity index (χ4v) is 4.37. The molecule has 4 heteroatoms. The Bertz CT molecular complexity index is 672.